The molecular weight excluding hydrogens is 404 g/mol. The minimum absolute atomic E-state index is 0.0651. The molecule has 3 aromatic heterocycles. The molecule has 0 spiro atoms. The highest BCUT2D eigenvalue weighted by Crippen LogP contribution is 2.26. The molecule has 0 atom stereocenters. The van der Waals surface area contributed by atoms with Crippen LogP contribution in [0.25, 0.3) is 22.3 Å². The van der Waals surface area contributed by atoms with Gasteiger partial charge in [0.05, 0.1) is 18.4 Å². The number of sulfonamides is 1. The molecule has 1 aromatic carbocycles. The molecule has 0 fully saturated rings. The number of H-pyrrole nitrogens is 1. The lowest BCUT2D eigenvalue weighted by Crippen LogP contribution is -2.16. The van der Waals surface area contributed by atoms with Gasteiger partial charge in [0.25, 0.3) is 0 Å². The molecule has 3 N–H and O–H groups in total. The topological polar surface area (TPSA) is 130 Å². The van der Waals surface area contributed by atoms with Crippen molar-refractivity contribution in [3.05, 3.63) is 66.7 Å². The second-order valence-electron chi connectivity index (χ2n) is 6.69. The van der Waals surface area contributed by atoms with Crippen molar-refractivity contribution in [1.29, 1.82) is 0 Å². The fraction of sp³-hybridized carbons (Fsp3) is 0.100. The number of hydrogen-bond donors (Lipinski definition) is 3. The molecule has 4 rings (SSSR count). The molecule has 0 radical (unpaired) electrons. The fourth-order valence-electron chi connectivity index (χ4n) is 3.07. The molecule has 0 aliphatic heterocycles. The van der Waals surface area contributed by atoms with E-state index < -0.39 is 10.0 Å². The molecule has 0 bridgehead atoms. The van der Waals surface area contributed by atoms with Gasteiger partial charge in [-0.3, -0.25) is 9.52 Å². The van der Waals surface area contributed by atoms with E-state index in [4.69, 9.17) is 0 Å². The minimum atomic E-state index is -3.39. The van der Waals surface area contributed by atoms with E-state index in [1.165, 1.54) is 6.33 Å². The van der Waals surface area contributed by atoms with Gasteiger partial charge in [0.15, 0.2) is 0 Å². The van der Waals surface area contributed by atoms with Crippen LogP contribution in [-0.2, 0) is 21.2 Å². The largest absolute Gasteiger partial charge is 0.345 e. The van der Waals surface area contributed by atoms with Crippen molar-refractivity contribution >= 4 is 38.5 Å². The number of anilines is 2. The lowest BCUT2D eigenvalue weighted by Gasteiger charge is -2.08. The number of pyridine rings is 1. The Kier molecular flexibility index (Phi) is 5.15. The summed E-state index contributed by atoms with van der Waals surface area (Å²) in [7, 11) is -3.39. The molecule has 0 aliphatic rings. The third kappa shape index (κ3) is 4.61. The number of fused-ring (bicyclic) bond motifs is 1. The third-order valence-electron chi connectivity index (χ3n) is 4.26. The summed E-state index contributed by atoms with van der Waals surface area (Å²) in [6, 6.07) is 12.1. The number of benzene rings is 1. The monoisotopic (exact) mass is 422 g/mol. The number of nitrogens with zero attached hydrogens (tertiary/aromatic N) is 3. The molecular formula is C20H18N6O3S. The molecule has 0 unspecified atom stereocenters. The van der Waals surface area contributed by atoms with Gasteiger partial charge in [-0.15, -0.1) is 0 Å². The second-order valence-corrected chi connectivity index (χ2v) is 8.44. The molecule has 0 saturated carbocycles. The van der Waals surface area contributed by atoms with Crippen LogP contribution in [0.1, 0.15) is 5.56 Å². The van der Waals surface area contributed by atoms with Crippen LogP contribution in [0.5, 0.6) is 0 Å². The van der Waals surface area contributed by atoms with Crippen LogP contribution < -0.4 is 10.0 Å². The van der Waals surface area contributed by atoms with Crippen molar-refractivity contribution < 1.29 is 13.2 Å². The van der Waals surface area contributed by atoms with Crippen molar-refractivity contribution in [3.8, 4) is 11.3 Å². The highest BCUT2D eigenvalue weighted by atomic mass is 32.2. The first kappa shape index (κ1) is 19.5. The summed E-state index contributed by atoms with van der Waals surface area (Å²) in [6.07, 6.45) is 6.04. The summed E-state index contributed by atoms with van der Waals surface area (Å²) in [5, 5.41) is 3.67. The number of rotatable bonds is 6. The Morgan fingerprint density at radius 1 is 1.10 bits per heavy atom. The number of nitrogens with one attached hydrogen (secondary N) is 3. The van der Waals surface area contributed by atoms with Crippen molar-refractivity contribution in [3.63, 3.8) is 0 Å². The van der Waals surface area contributed by atoms with E-state index in [2.05, 4.69) is 30.0 Å². The van der Waals surface area contributed by atoms with Crippen molar-refractivity contribution in [2.75, 3.05) is 16.3 Å². The maximum Gasteiger partial charge on any atom is 0.229 e. The Morgan fingerprint density at radius 3 is 2.80 bits per heavy atom. The Balaban J connectivity index is 1.49. The van der Waals surface area contributed by atoms with E-state index >= 15 is 0 Å². The predicted molar refractivity (Wildman–Crippen MR) is 114 cm³/mol. The maximum atomic E-state index is 12.5. The zero-order valence-corrected chi connectivity index (χ0v) is 16.8. The number of aromatic nitrogens is 4. The first-order valence-corrected chi connectivity index (χ1v) is 10.9. The Hall–Kier alpha value is -3.79. The highest BCUT2D eigenvalue weighted by molar-refractivity contribution is 7.92. The molecule has 3 heterocycles. The van der Waals surface area contributed by atoms with Gasteiger partial charge < -0.3 is 10.3 Å². The number of amides is 1. The van der Waals surface area contributed by atoms with E-state index in [9.17, 15) is 13.2 Å². The average Bonchev–Trinajstić information content (AvgIpc) is 3.11. The van der Waals surface area contributed by atoms with Crippen LogP contribution in [0.4, 0.5) is 11.5 Å². The molecule has 4 aromatic rings. The van der Waals surface area contributed by atoms with E-state index in [1.54, 1.807) is 36.5 Å². The lowest BCUT2D eigenvalue weighted by atomic mass is 10.1. The molecule has 10 heteroatoms. The molecule has 9 nitrogen and oxygen atoms in total. The van der Waals surface area contributed by atoms with Crippen LogP contribution in [0.2, 0.25) is 0 Å². The normalized spacial score (nSPS) is 11.4. The van der Waals surface area contributed by atoms with Gasteiger partial charge in [0.1, 0.15) is 17.8 Å². The maximum absolute atomic E-state index is 12.5. The van der Waals surface area contributed by atoms with Crippen molar-refractivity contribution in [2.24, 2.45) is 0 Å². The van der Waals surface area contributed by atoms with Crippen LogP contribution in [-0.4, -0.2) is 40.5 Å². The SMILES string of the molecule is CS(=O)(=O)Nc1cccc(CC(=O)Nc2cc(-c3c[nH]c4ncccc34)ncn2)c1. The van der Waals surface area contributed by atoms with Crippen LogP contribution >= 0.6 is 0 Å². The molecule has 0 aliphatic carbocycles. The van der Waals surface area contributed by atoms with Crippen molar-refractivity contribution in [2.45, 2.75) is 6.42 Å². The van der Waals surface area contributed by atoms with E-state index in [1.807, 2.05) is 18.3 Å². The quantitative estimate of drug-likeness (QED) is 0.438. The van der Waals surface area contributed by atoms with Gasteiger partial charge in [-0.25, -0.2) is 23.4 Å². The van der Waals surface area contributed by atoms with Crippen LogP contribution in [0.3, 0.4) is 0 Å². The van der Waals surface area contributed by atoms with Gasteiger partial charge in [0.2, 0.25) is 15.9 Å². The first-order valence-electron chi connectivity index (χ1n) is 8.98. The van der Waals surface area contributed by atoms with Gasteiger partial charge in [-0.05, 0) is 29.8 Å². The molecule has 30 heavy (non-hydrogen) atoms. The van der Waals surface area contributed by atoms with Gasteiger partial charge in [-0.1, -0.05) is 12.1 Å². The third-order valence-corrected chi connectivity index (χ3v) is 4.86. The summed E-state index contributed by atoms with van der Waals surface area (Å²) >= 11 is 0. The van der Waals surface area contributed by atoms with Gasteiger partial charge in [0, 0.05) is 35.1 Å². The summed E-state index contributed by atoms with van der Waals surface area (Å²) < 4.78 is 25.1. The smallest absolute Gasteiger partial charge is 0.229 e. The van der Waals surface area contributed by atoms with E-state index in [-0.39, 0.29) is 12.3 Å². The summed E-state index contributed by atoms with van der Waals surface area (Å²) in [6.45, 7) is 0. The number of carbonyl (C=O) groups is 1. The molecule has 0 saturated heterocycles. The molecule has 1 amide bonds. The Bertz CT molecular complexity index is 1330. The first-order chi connectivity index (χ1) is 14.4. The zero-order valence-electron chi connectivity index (χ0n) is 16.0. The zero-order chi connectivity index (χ0) is 21.1. The predicted octanol–water partition coefficient (Wildman–Crippen LogP) is 2.57. The Labute approximate surface area is 172 Å². The summed E-state index contributed by atoms with van der Waals surface area (Å²) in [5.41, 5.74) is 3.33. The van der Waals surface area contributed by atoms with E-state index in [0.29, 0.717) is 22.8 Å². The summed E-state index contributed by atoms with van der Waals surface area (Å²) in [5.74, 6) is 0.0883. The number of carbonyl (C=O) groups excluding carboxylic acids is 1. The van der Waals surface area contributed by atoms with Gasteiger partial charge >= 0.3 is 0 Å². The van der Waals surface area contributed by atoms with E-state index in [0.717, 1.165) is 22.9 Å². The number of aromatic amines is 1. The summed E-state index contributed by atoms with van der Waals surface area (Å²) in [4.78, 5) is 28.2. The lowest BCUT2D eigenvalue weighted by molar-refractivity contribution is -0.115. The highest BCUT2D eigenvalue weighted by Gasteiger charge is 2.11. The fourth-order valence-corrected chi connectivity index (χ4v) is 3.63. The van der Waals surface area contributed by atoms with Crippen LogP contribution in [0.15, 0.2) is 61.2 Å². The minimum Gasteiger partial charge on any atom is -0.345 e. The standard InChI is InChI=1S/C20H18N6O3S/c1-30(28,29)26-14-5-2-4-13(8-14)9-19(27)25-18-10-17(23-12-24-18)16-11-22-20-15(16)6-3-7-21-20/h2-8,10-12,26H,9H2,1H3,(H,21,22)(H,23,24,25,27). The molecule has 152 valence electrons. The average molecular weight is 422 g/mol. The van der Waals surface area contributed by atoms with Gasteiger partial charge in [-0.2, -0.15) is 0 Å². The van der Waals surface area contributed by atoms with Crippen molar-refractivity contribution in [1.82, 2.24) is 19.9 Å². The van der Waals surface area contributed by atoms with Crippen LogP contribution in [0, 0.1) is 0 Å². The Morgan fingerprint density at radius 2 is 1.97 bits per heavy atom. The second kappa shape index (κ2) is 7.91. The number of hydrogen-bond acceptors (Lipinski definition) is 6.